The molecule has 1 aromatic heterocycles. The van der Waals surface area contributed by atoms with E-state index in [2.05, 4.69) is 19.2 Å². The first-order chi connectivity index (χ1) is 9.25. The second-order valence-electron chi connectivity index (χ2n) is 5.41. The fraction of sp³-hybridized carbons (Fsp3) is 0.714. The van der Waals surface area contributed by atoms with Crippen LogP contribution < -0.4 is 5.32 Å². The maximum atomic E-state index is 4.92. The molecule has 2 aliphatic heterocycles. The lowest BCUT2D eigenvalue weighted by molar-refractivity contribution is 0.600. The zero-order chi connectivity index (χ0) is 13.2. The average Bonchev–Trinajstić information content (AvgIpc) is 2.47. The van der Waals surface area contributed by atoms with Gasteiger partial charge in [-0.2, -0.15) is 11.8 Å². The Morgan fingerprint density at radius 3 is 2.89 bits per heavy atom. The molecule has 19 heavy (non-hydrogen) atoms. The Balaban J connectivity index is 1.98. The molecule has 5 heteroatoms. The van der Waals surface area contributed by atoms with E-state index in [0.29, 0.717) is 11.2 Å². The van der Waals surface area contributed by atoms with Crippen LogP contribution in [0, 0.1) is 0 Å². The molecule has 1 saturated heterocycles. The van der Waals surface area contributed by atoms with E-state index in [4.69, 9.17) is 9.97 Å². The van der Waals surface area contributed by atoms with Crippen molar-refractivity contribution in [2.75, 3.05) is 23.8 Å². The van der Waals surface area contributed by atoms with Gasteiger partial charge in [0.25, 0.3) is 0 Å². The minimum absolute atomic E-state index is 0.483. The molecule has 1 fully saturated rings. The van der Waals surface area contributed by atoms with Crippen LogP contribution >= 0.6 is 23.5 Å². The highest BCUT2D eigenvalue weighted by Gasteiger charge is 2.24. The highest BCUT2D eigenvalue weighted by Crippen LogP contribution is 2.36. The molecule has 1 atom stereocenters. The third kappa shape index (κ3) is 2.93. The third-order valence-corrected chi connectivity index (χ3v) is 6.38. The van der Waals surface area contributed by atoms with Gasteiger partial charge in [-0.25, -0.2) is 9.97 Å². The van der Waals surface area contributed by atoms with Crippen molar-refractivity contribution in [3.8, 4) is 0 Å². The van der Waals surface area contributed by atoms with E-state index >= 15 is 0 Å². The van der Waals surface area contributed by atoms with Crippen LogP contribution in [0.3, 0.4) is 0 Å². The molecule has 3 rings (SSSR count). The van der Waals surface area contributed by atoms with Gasteiger partial charge < -0.3 is 5.32 Å². The average molecular weight is 295 g/mol. The molecule has 1 aromatic rings. The van der Waals surface area contributed by atoms with Crippen molar-refractivity contribution in [2.24, 2.45) is 0 Å². The summed E-state index contributed by atoms with van der Waals surface area (Å²) in [7, 11) is 0. The zero-order valence-corrected chi connectivity index (χ0v) is 13.2. The predicted molar refractivity (Wildman–Crippen MR) is 84.1 cm³/mol. The number of nitrogens with zero attached hydrogens (tertiary/aromatic N) is 2. The van der Waals surface area contributed by atoms with Crippen LogP contribution in [0.5, 0.6) is 0 Å². The van der Waals surface area contributed by atoms with Crippen molar-refractivity contribution in [1.82, 2.24) is 15.3 Å². The molecular weight excluding hydrogens is 274 g/mol. The number of rotatable bonds is 2. The largest absolute Gasteiger partial charge is 0.312 e. The molecule has 0 aromatic carbocycles. The van der Waals surface area contributed by atoms with Gasteiger partial charge in [-0.05, 0) is 5.92 Å². The van der Waals surface area contributed by atoms with Crippen molar-refractivity contribution in [3.05, 3.63) is 22.8 Å². The fourth-order valence-corrected chi connectivity index (χ4v) is 5.25. The summed E-state index contributed by atoms with van der Waals surface area (Å²) in [5, 5.41) is 3.94. The van der Waals surface area contributed by atoms with Gasteiger partial charge in [0.1, 0.15) is 5.82 Å². The highest BCUT2D eigenvalue weighted by molar-refractivity contribution is 8.06. The van der Waals surface area contributed by atoms with Crippen LogP contribution in [0.25, 0.3) is 0 Å². The fourth-order valence-electron chi connectivity index (χ4n) is 2.65. The molecule has 0 bridgehead atoms. The maximum Gasteiger partial charge on any atom is 0.142 e. The van der Waals surface area contributed by atoms with E-state index < -0.39 is 0 Å². The summed E-state index contributed by atoms with van der Waals surface area (Å²) in [6.45, 7) is 6.47. The Hall–Kier alpha value is -0.260. The molecule has 1 unspecified atom stereocenters. The topological polar surface area (TPSA) is 37.8 Å². The zero-order valence-electron chi connectivity index (χ0n) is 11.6. The summed E-state index contributed by atoms with van der Waals surface area (Å²) >= 11 is 4.06. The van der Waals surface area contributed by atoms with Crippen molar-refractivity contribution < 1.29 is 0 Å². The standard InChI is InChI=1S/C14H21N3S2/c1-9(2)13-10-7-15-4-3-11(10)16-14(17-13)12-8-18-5-6-19-12/h9,12,15H,3-8H2,1-2H3. The normalized spacial score (nSPS) is 23.4. The van der Waals surface area contributed by atoms with Crippen LogP contribution in [0.4, 0.5) is 0 Å². The summed E-state index contributed by atoms with van der Waals surface area (Å²) in [6.07, 6.45) is 1.05. The number of fused-ring (bicyclic) bond motifs is 1. The molecule has 104 valence electrons. The van der Waals surface area contributed by atoms with E-state index in [1.807, 2.05) is 23.5 Å². The molecule has 0 spiro atoms. The monoisotopic (exact) mass is 295 g/mol. The van der Waals surface area contributed by atoms with E-state index in [1.54, 1.807) is 0 Å². The Labute approximate surface area is 123 Å². The molecule has 0 radical (unpaired) electrons. The lowest BCUT2D eigenvalue weighted by Gasteiger charge is -2.25. The molecular formula is C14H21N3S2. The van der Waals surface area contributed by atoms with Gasteiger partial charge in [-0.1, -0.05) is 13.8 Å². The second-order valence-corrected chi connectivity index (χ2v) is 7.87. The second kappa shape index (κ2) is 6.02. The van der Waals surface area contributed by atoms with Gasteiger partial charge in [-0.15, -0.1) is 11.8 Å². The van der Waals surface area contributed by atoms with Crippen molar-refractivity contribution in [3.63, 3.8) is 0 Å². The minimum atomic E-state index is 0.483. The quantitative estimate of drug-likeness (QED) is 0.908. The molecule has 3 nitrogen and oxygen atoms in total. The molecule has 0 amide bonds. The minimum Gasteiger partial charge on any atom is -0.312 e. The highest BCUT2D eigenvalue weighted by atomic mass is 32.2. The third-order valence-electron chi connectivity index (χ3n) is 3.63. The molecule has 0 saturated carbocycles. The van der Waals surface area contributed by atoms with Gasteiger partial charge in [0.15, 0.2) is 0 Å². The van der Waals surface area contributed by atoms with Gasteiger partial charge in [0.2, 0.25) is 0 Å². The van der Waals surface area contributed by atoms with Crippen LogP contribution in [-0.4, -0.2) is 33.8 Å². The van der Waals surface area contributed by atoms with Crippen LogP contribution in [0.15, 0.2) is 0 Å². The van der Waals surface area contributed by atoms with Crippen molar-refractivity contribution in [1.29, 1.82) is 0 Å². The molecule has 1 N–H and O–H groups in total. The van der Waals surface area contributed by atoms with Gasteiger partial charge in [0.05, 0.1) is 16.6 Å². The van der Waals surface area contributed by atoms with Crippen molar-refractivity contribution >= 4 is 23.5 Å². The number of thioether (sulfide) groups is 2. The smallest absolute Gasteiger partial charge is 0.142 e. The Kier molecular flexibility index (Phi) is 4.34. The number of hydrogen-bond donors (Lipinski definition) is 1. The SMILES string of the molecule is CC(C)c1nc(C2CSCCS2)nc2c1CNCC2. The van der Waals surface area contributed by atoms with Gasteiger partial charge >= 0.3 is 0 Å². The number of hydrogen-bond acceptors (Lipinski definition) is 5. The lowest BCUT2D eigenvalue weighted by Crippen LogP contribution is -2.28. The van der Waals surface area contributed by atoms with E-state index in [0.717, 1.165) is 25.3 Å². The van der Waals surface area contributed by atoms with Crippen LogP contribution in [0.1, 0.15) is 47.8 Å². The predicted octanol–water partition coefficient (Wildman–Crippen LogP) is 2.77. The van der Waals surface area contributed by atoms with E-state index in [9.17, 15) is 0 Å². The summed E-state index contributed by atoms with van der Waals surface area (Å²) in [4.78, 5) is 9.82. The molecule has 2 aliphatic rings. The number of nitrogens with one attached hydrogen (secondary N) is 1. The maximum absolute atomic E-state index is 4.92. The van der Waals surface area contributed by atoms with Crippen molar-refractivity contribution in [2.45, 2.75) is 38.0 Å². The van der Waals surface area contributed by atoms with Crippen LogP contribution in [-0.2, 0) is 13.0 Å². The summed E-state index contributed by atoms with van der Waals surface area (Å²) in [5.74, 6) is 5.24. The lowest BCUT2D eigenvalue weighted by atomic mass is 9.98. The summed E-state index contributed by atoms with van der Waals surface area (Å²) < 4.78 is 0. The van der Waals surface area contributed by atoms with E-state index in [-0.39, 0.29) is 0 Å². The van der Waals surface area contributed by atoms with Gasteiger partial charge in [-0.3, -0.25) is 0 Å². The first-order valence-electron chi connectivity index (χ1n) is 7.05. The van der Waals surface area contributed by atoms with Gasteiger partial charge in [0, 0.05) is 42.3 Å². The Morgan fingerprint density at radius 2 is 2.16 bits per heavy atom. The summed E-state index contributed by atoms with van der Waals surface area (Å²) in [6, 6.07) is 0. The number of aromatic nitrogens is 2. The first kappa shape index (κ1) is 13.7. The summed E-state index contributed by atoms with van der Waals surface area (Å²) in [5.41, 5.74) is 3.92. The van der Waals surface area contributed by atoms with Crippen LogP contribution in [0.2, 0.25) is 0 Å². The molecule has 0 aliphatic carbocycles. The Morgan fingerprint density at radius 1 is 1.26 bits per heavy atom. The van der Waals surface area contributed by atoms with E-state index in [1.165, 1.54) is 34.2 Å². The Bertz CT molecular complexity index is 456. The first-order valence-corrected chi connectivity index (χ1v) is 9.25. The molecule has 3 heterocycles.